The highest BCUT2D eigenvalue weighted by atomic mass is 32.2. The van der Waals surface area contributed by atoms with Gasteiger partial charge >= 0.3 is 0 Å². The molecule has 8 nitrogen and oxygen atoms in total. The van der Waals surface area contributed by atoms with E-state index in [1.165, 1.54) is 16.1 Å². The van der Waals surface area contributed by atoms with Crippen LogP contribution in [0.15, 0.2) is 45.7 Å². The summed E-state index contributed by atoms with van der Waals surface area (Å²) in [5.41, 5.74) is 1.24. The van der Waals surface area contributed by atoms with Crippen molar-refractivity contribution in [2.75, 3.05) is 57.3 Å². The molecule has 0 atom stereocenters. The molecule has 2 fully saturated rings. The van der Waals surface area contributed by atoms with Crippen LogP contribution in [0.5, 0.6) is 0 Å². The molecule has 0 saturated carbocycles. The molecule has 9 heteroatoms. The third-order valence-electron chi connectivity index (χ3n) is 5.99. The van der Waals surface area contributed by atoms with Crippen molar-refractivity contribution in [3.63, 3.8) is 0 Å². The van der Waals surface area contributed by atoms with Gasteiger partial charge in [-0.25, -0.2) is 8.42 Å². The van der Waals surface area contributed by atoms with Crippen LogP contribution in [-0.2, 0) is 10.0 Å². The zero-order valence-electron chi connectivity index (χ0n) is 17.9. The van der Waals surface area contributed by atoms with E-state index in [9.17, 15) is 13.2 Å². The van der Waals surface area contributed by atoms with Gasteiger partial charge in [0, 0.05) is 64.1 Å². The molecule has 0 unspecified atom stereocenters. The molecular formula is C22H30N4O4S. The van der Waals surface area contributed by atoms with Crippen LogP contribution < -0.4 is 10.2 Å². The number of carbonyl (C=O) groups excluding carboxylic acids is 1. The Hall–Kier alpha value is -2.36. The van der Waals surface area contributed by atoms with E-state index in [4.69, 9.17) is 4.42 Å². The minimum Gasteiger partial charge on any atom is -0.455 e. The molecule has 1 aromatic carbocycles. The fourth-order valence-electron chi connectivity index (χ4n) is 4.18. The largest absolute Gasteiger partial charge is 0.455 e. The standard InChI is InChI=1S/C22H30N4O4S/c1-18-21(31(28,29)26-10-5-6-11-26)17-20(30-18)22(27)23-9-12-24-13-15-25(16-14-24)19-7-3-2-4-8-19/h2-4,7-8,17H,5-6,9-16H2,1H3,(H,23,27). The van der Waals surface area contributed by atoms with Crippen molar-refractivity contribution >= 4 is 21.6 Å². The van der Waals surface area contributed by atoms with Gasteiger partial charge in [-0.2, -0.15) is 4.31 Å². The summed E-state index contributed by atoms with van der Waals surface area (Å²) < 4.78 is 32.5. The molecule has 168 valence electrons. The van der Waals surface area contributed by atoms with Gasteiger partial charge in [0.2, 0.25) is 10.0 Å². The molecule has 2 saturated heterocycles. The van der Waals surface area contributed by atoms with Crippen LogP contribution in [0.2, 0.25) is 0 Å². The number of amides is 1. The summed E-state index contributed by atoms with van der Waals surface area (Å²) >= 11 is 0. The van der Waals surface area contributed by atoms with E-state index in [0.29, 0.717) is 19.6 Å². The van der Waals surface area contributed by atoms with Crippen molar-refractivity contribution in [1.82, 2.24) is 14.5 Å². The van der Waals surface area contributed by atoms with Gasteiger partial charge in [-0.05, 0) is 31.9 Å². The normalized spacial score (nSPS) is 18.4. The van der Waals surface area contributed by atoms with E-state index in [2.05, 4.69) is 39.4 Å². The number of rotatable bonds is 7. The lowest BCUT2D eigenvalue weighted by Gasteiger charge is -2.36. The summed E-state index contributed by atoms with van der Waals surface area (Å²) in [5.74, 6) is -0.0767. The SMILES string of the molecule is Cc1oc(C(=O)NCCN2CCN(c3ccccc3)CC2)cc1S(=O)(=O)N1CCCC1. The average Bonchev–Trinajstić information content (AvgIpc) is 3.46. The highest BCUT2D eigenvalue weighted by Gasteiger charge is 2.31. The quantitative estimate of drug-likeness (QED) is 0.700. The van der Waals surface area contributed by atoms with E-state index in [1.54, 1.807) is 6.92 Å². The fraction of sp³-hybridized carbons (Fsp3) is 0.500. The van der Waals surface area contributed by atoms with E-state index in [0.717, 1.165) is 45.6 Å². The first-order valence-corrected chi connectivity index (χ1v) is 12.3. The molecule has 0 spiro atoms. The maximum absolute atomic E-state index is 12.8. The maximum Gasteiger partial charge on any atom is 0.287 e. The lowest BCUT2D eigenvalue weighted by atomic mass is 10.2. The predicted molar refractivity (Wildman–Crippen MR) is 119 cm³/mol. The number of piperazine rings is 1. The second kappa shape index (κ2) is 9.42. The zero-order chi connectivity index (χ0) is 21.8. The molecule has 2 aliphatic heterocycles. The Bertz CT molecular complexity index is 992. The molecule has 1 N–H and O–H groups in total. The van der Waals surface area contributed by atoms with E-state index in [-0.39, 0.29) is 22.3 Å². The summed E-state index contributed by atoms with van der Waals surface area (Å²) in [6.45, 7) is 7.63. The molecule has 0 bridgehead atoms. The molecule has 2 aliphatic rings. The number of para-hydroxylation sites is 1. The molecule has 31 heavy (non-hydrogen) atoms. The molecular weight excluding hydrogens is 416 g/mol. The maximum atomic E-state index is 12.8. The Morgan fingerprint density at radius 1 is 1.03 bits per heavy atom. The number of hydrogen-bond donors (Lipinski definition) is 1. The van der Waals surface area contributed by atoms with Crippen LogP contribution in [-0.4, -0.2) is 75.9 Å². The monoisotopic (exact) mass is 446 g/mol. The number of furan rings is 1. The van der Waals surface area contributed by atoms with Gasteiger partial charge in [0.15, 0.2) is 5.76 Å². The Morgan fingerprint density at radius 3 is 2.39 bits per heavy atom. The number of nitrogens with one attached hydrogen (secondary N) is 1. The van der Waals surface area contributed by atoms with Crippen molar-refractivity contribution in [2.45, 2.75) is 24.7 Å². The van der Waals surface area contributed by atoms with Crippen molar-refractivity contribution in [3.8, 4) is 0 Å². The molecule has 0 aliphatic carbocycles. The second-order valence-electron chi connectivity index (χ2n) is 8.06. The van der Waals surface area contributed by atoms with Crippen LogP contribution in [0.4, 0.5) is 5.69 Å². The van der Waals surface area contributed by atoms with Gasteiger partial charge in [-0.15, -0.1) is 0 Å². The van der Waals surface area contributed by atoms with Crippen molar-refractivity contribution in [2.24, 2.45) is 0 Å². The fourth-order valence-corrected chi connectivity index (χ4v) is 5.86. The van der Waals surface area contributed by atoms with Gasteiger partial charge < -0.3 is 14.6 Å². The number of carbonyl (C=O) groups is 1. The minimum atomic E-state index is -3.60. The topological polar surface area (TPSA) is 86.1 Å². The summed E-state index contributed by atoms with van der Waals surface area (Å²) in [6, 6.07) is 11.7. The van der Waals surface area contributed by atoms with Crippen LogP contribution >= 0.6 is 0 Å². The van der Waals surface area contributed by atoms with Gasteiger partial charge in [0.05, 0.1) is 0 Å². The number of nitrogens with zero attached hydrogens (tertiary/aromatic N) is 3. The first-order chi connectivity index (χ1) is 14.9. The molecule has 3 heterocycles. The van der Waals surface area contributed by atoms with E-state index in [1.807, 2.05) is 6.07 Å². The third kappa shape index (κ3) is 4.94. The van der Waals surface area contributed by atoms with Gasteiger partial charge in [0.1, 0.15) is 10.7 Å². The lowest BCUT2D eigenvalue weighted by Crippen LogP contribution is -2.48. The Labute approximate surface area is 183 Å². The molecule has 4 rings (SSSR count). The van der Waals surface area contributed by atoms with Gasteiger partial charge in [-0.1, -0.05) is 18.2 Å². The van der Waals surface area contributed by atoms with Crippen LogP contribution in [0, 0.1) is 6.92 Å². The molecule has 1 aromatic heterocycles. The highest BCUT2D eigenvalue weighted by molar-refractivity contribution is 7.89. The highest BCUT2D eigenvalue weighted by Crippen LogP contribution is 2.26. The number of anilines is 1. The van der Waals surface area contributed by atoms with Crippen LogP contribution in [0.3, 0.4) is 0 Å². The first-order valence-electron chi connectivity index (χ1n) is 10.9. The molecule has 0 radical (unpaired) electrons. The Balaban J connectivity index is 1.26. The molecule has 1 amide bonds. The number of hydrogen-bond acceptors (Lipinski definition) is 6. The van der Waals surface area contributed by atoms with E-state index >= 15 is 0 Å². The smallest absolute Gasteiger partial charge is 0.287 e. The second-order valence-corrected chi connectivity index (χ2v) is 9.97. The average molecular weight is 447 g/mol. The van der Waals surface area contributed by atoms with Crippen LogP contribution in [0.25, 0.3) is 0 Å². The number of sulfonamides is 1. The lowest BCUT2D eigenvalue weighted by molar-refractivity contribution is 0.0918. The van der Waals surface area contributed by atoms with Gasteiger partial charge in [-0.3, -0.25) is 9.69 Å². The van der Waals surface area contributed by atoms with Gasteiger partial charge in [0.25, 0.3) is 5.91 Å². The number of aryl methyl sites for hydroxylation is 1. The summed E-state index contributed by atoms with van der Waals surface area (Å²) in [7, 11) is -3.60. The summed E-state index contributed by atoms with van der Waals surface area (Å²) in [4.78, 5) is 17.3. The van der Waals surface area contributed by atoms with Crippen molar-refractivity contribution < 1.29 is 17.6 Å². The molecule has 2 aromatic rings. The minimum absolute atomic E-state index is 0.0455. The first kappa shape index (κ1) is 21.9. The number of benzene rings is 1. The van der Waals surface area contributed by atoms with Crippen LogP contribution in [0.1, 0.15) is 29.2 Å². The predicted octanol–water partition coefficient (Wildman–Crippen LogP) is 1.92. The van der Waals surface area contributed by atoms with Crippen molar-refractivity contribution in [3.05, 3.63) is 47.9 Å². The van der Waals surface area contributed by atoms with E-state index < -0.39 is 10.0 Å². The van der Waals surface area contributed by atoms with Crippen molar-refractivity contribution in [1.29, 1.82) is 0 Å². The Morgan fingerprint density at radius 2 is 1.71 bits per heavy atom. The summed E-state index contributed by atoms with van der Waals surface area (Å²) in [5, 5.41) is 2.85. The summed E-state index contributed by atoms with van der Waals surface area (Å²) in [6.07, 6.45) is 1.73. The zero-order valence-corrected chi connectivity index (χ0v) is 18.7. The Kier molecular flexibility index (Phi) is 6.64. The third-order valence-corrected chi connectivity index (χ3v) is 7.99.